The number of hydrogen-bond donors (Lipinski definition) is 3. The number of amides is 1. The Kier molecular flexibility index (Phi) is 21.6. The van der Waals surface area contributed by atoms with Gasteiger partial charge in [0.1, 0.15) is 0 Å². The third kappa shape index (κ3) is 20.8. The molecule has 0 bridgehead atoms. The first-order chi connectivity index (χ1) is 12.6. The fraction of sp³-hybridized carbons (Fsp3) is 0.818. The Bertz CT molecular complexity index is 384. The van der Waals surface area contributed by atoms with Crippen molar-refractivity contribution in [1.29, 1.82) is 0 Å². The predicted molar refractivity (Wildman–Crippen MR) is 114 cm³/mol. The van der Waals surface area contributed by atoms with E-state index in [-0.39, 0.29) is 12.6 Å². The van der Waals surface area contributed by atoms with Crippen LogP contribution in [0.1, 0.15) is 110 Å². The number of aliphatic carboxylic acids is 1. The summed E-state index contributed by atoms with van der Waals surface area (Å²) in [4.78, 5) is 21.8. The molecule has 0 spiro atoms. The Morgan fingerprint density at radius 3 is 1.59 bits per heavy atom. The molecular formula is C22H44N2O3. The van der Waals surface area contributed by atoms with Crippen LogP contribution in [0, 0.1) is 5.92 Å². The zero-order chi connectivity index (χ0) is 19.5. The molecule has 0 aliphatic carbocycles. The van der Waals surface area contributed by atoms with Gasteiger partial charge in [-0.15, -0.1) is 0 Å². The van der Waals surface area contributed by atoms with E-state index in [1.165, 1.54) is 83.5 Å². The number of allylic oxidation sites excluding steroid dienone is 1. The molecule has 1 unspecified atom stereocenters. The molecule has 5 heteroatoms. The van der Waals surface area contributed by atoms with E-state index < -0.39 is 17.8 Å². The monoisotopic (exact) mass is 384 g/mol. The van der Waals surface area contributed by atoms with E-state index in [4.69, 9.17) is 10.8 Å². The van der Waals surface area contributed by atoms with Crippen molar-refractivity contribution in [2.45, 2.75) is 110 Å². The lowest BCUT2D eigenvalue weighted by Gasteiger charge is -2.04. The van der Waals surface area contributed by atoms with Gasteiger partial charge in [-0.25, -0.2) is 0 Å². The highest BCUT2D eigenvalue weighted by molar-refractivity contribution is 5.82. The molecule has 0 aromatic carbocycles. The van der Waals surface area contributed by atoms with E-state index in [1.54, 1.807) is 6.08 Å². The van der Waals surface area contributed by atoms with Crippen LogP contribution in [-0.2, 0) is 9.59 Å². The first kappa shape index (κ1) is 27.9. The van der Waals surface area contributed by atoms with Gasteiger partial charge in [0.05, 0.1) is 5.92 Å². The maximum atomic E-state index is 11.0. The van der Waals surface area contributed by atoms with Crippen molar-refractivity contribution < 1.29 is 14.7 Å². The molecule has 5 nitrogen and oxygen atoms in total. The largest absolute Gasteiger partial charge is 0.481 e. The molecule has 0 aromatic heterocycles. The van der Waals surface area contributed by atoms with Crippen molar-refractivity contribution in [3.8, 4) is 0 Å². The summed E-state index contributed by atoms with van der Waals surface area (Å²) in [6, 6.07) is 0. The Morgan fingerprint density at radius 2 is 1.22 bits per heavy atom. The zero-order valence-electron chi connectivity index (χ0n) is 17.6. The minimum absolute atomic E-state index is 0. The quantitative estimate of drug-likeness (QED) is 0.183. The fourth-order valence-corrected chi connectivity index (χ4v) is 3.17. The second-order valence-electron chi connectivity index (χ2n) is 7.43. The van der Waals surface area contributed by atoms with Gasteiger partial charge in [-0.3, -0.25) is 9.59 Å². The van der Waals surface area contributed by atoms with Crippen LogP contribution in [0.5, 0.6) is 0 Å². The molecular weight excluding hydrogens is 340 g/mol. The lowest BCUT2D eigenvalue weighted by molar-refractivity contribution is -0.141. The van der Waals surface area contributed by atoms with Crippen molar-refractivity contribution in [3.05, 3.63) is 12.2 Å². The molecule has 0 aromatic rings. The number of unbranched alkanes of at least 4 members (excludes halogenated alkanes) is 14. The summed E-state index contributed by atoms with van der Waals surface area (Å²) in [7, 11) is 0. The summed E-state index contributed by atoms with van der Waals surface area (Å²) in [5, 5.41) is 8.99. The molecule has 0 saturated carbocycles. The van der Waals surface area contributed by atoms with Gasteiger partial charge in [-0.05, 0) is 12.8 Å². The highest BCUT2D eigenvalue weighted by Gasteiger charge is 2.15. The molecule has 6 N–H and O–H groups in total. The Morgan fingerprint density at radius 1 is 0.815 bits per heavy atom. The summed E-state index contributed by atoms with van der Waals surface area (Å²) < 4.78 is 0. The lowest BCUT2D eigenvalue weighted by Crippen LogP contribution is -2.20. The van der Waals surface area contributed by atoms with Crippen molar-refractivity contribution in [2.24, 2.45) is 11.7 Å². The molecule has 160 valence electrons. The number of primary amides is 1. The third-order valence-corrected chi connectivity index (χ3v) is 4.83. The number of carbonyl (C=O) groups is 2. The van der Waals surface area contributed by atoms with Crippen LogP contribution in [-0.4, -0.2) is 17.0 Å². The van der Waals surface area contributed by atoms with Gasteiger partial charge in [0.15, 0.2) is 0 Å². The van der Waals surface area contributed by atoms with E-state index >= 15 is 0 Å². The van der Waals surface area contributed by atoms with Crippen LogP contribution in [0.25, 0.3) is 0 Å². The van der Waals surface area contributed by atoms with Gasteiger partial charge in [0, 0.05) is 6.42 Å². The summed E-state index contributed by atoms with van der Waals surface area (Å²) in [5.41, 5.74) is 5.06. The molecule has 0 rings (SSSR count). The molecule has 0 saturated heterocycles. The van der Waals surface area contributed by atoms with Gasteiger partial charge in [0.2, 0.25) is 5.91 Å². The summed E-state index contributed by atoms with van der Waals surface area (Å²) in [6.07, 6.45) is 22.9. The molecule has 0 fully saturated rings. The van der Waals surface area contributed by atoms with Gasteiger partial charge >= 0.3 is 5.97 Å². The molecule has 0 aliphatic heterocycles. The lowest BCUT2D eigenvalue weighted by atomic mass is 10.0. The topological polar surface area (TPSA) is 115 Å². The van der Waals surface area contributed by atoms with Gasteiger partial charge in [-0.1, -0.05) is 103 Å². The SMILES string of the molecule is CCCCCCCCCCCCCCCC/C=C/C(CC(N)=O)C(=O)O.N. The van der Waals surface area contributed by atoms with E-state index in [9.17, 15) is 9.59 Å². The van der Waals surface area contributed by atoms with E-state index in [0.717, 1.165) is 12.8 Å². The van der Waals surface area contributed by atoms with Crippen molar-refractivity contribution in [1.82, 2.24) is 6.15 Å². The summed E-state index contributed by atoms with van der Waals surface area (Å²) >= 11 is 0. The Labute approximate surface area is 166 Å². The van der Waals surface area contributed by atoms with Crippen LogP contribution in [0.15, 0.2) is 12.2 Å². The normalized spacial score (nSPS) is 12.0. The van der Waals surface area contributed by atoms with Crippen molar-refractivity contribution in [2.75, 3.05) is 0 Å². The van der Waals surface area contributed by atoms with Crippen LogP contribution in [0.4, 0.5) is 0 Å². The summed E-state index contributed by atoms with van der Waals surface area (Å²) in [5.74, 6) is -2.33. The maximum absolute atomic E-state index is 11.0. The molecule has 27 heavy (non-hydrogen) atoms. The standard InChI is InChI=1S/C22H41NO3.H3N/c1-2-3-4-5-6-7-8-9-10-11-12-13-14-15-16-17-18-20(22(25)26)19-21(23)24;/h17-18,20H,2-16,19H2,1H3,(H2,23,24)(H,25,26);1H3/b18-17+;. The number of carboxylic acids is 1. The number of carbonyl (C=O) groups excluding carboxylic acids is 1. The fourth-order valence-electron chi connectivity index (χ4n) is 3.17. The molecule has 1 atom stereocenters. The third-order valence-electron chi connectivity index (χ3n) is 4.83. The molecule has 0 aliphatic rings. The number of rotatable bonds is 19. The van der Waals surface area contributed by atoms with Gasteiger partial charge in [0.25, 0.3) is 0 Å². The van der Waals surface area contributed by atoms with Crippen molar-refractivity contribution >= 4 is 11.9 Å². The minimum atomic E-state index is -0.985. The van der Waals surface area contributed by atoms with Gasteiger partial charge in [-0.2, -0.15) is 0 Å². The highest BCUT2D eigenvalue weighted by Crippen LogP contribution is 2.14. The average molecular weight is 385 g/mol. The Hall–Kier alpha value is -1.36. The predicted octanol–water partition coefficient (Wildman–Crippen LogP) is 6.15. The number of carboxylic acid groups (broad SMARTS) is 1. The Balaban J connectivity index is 0. The summed E-state index contributed by atoms with van der Waals surface area (Å²) in [6.45, 7) is 2.26. The second kappa shape index (κ2) is 20.9. The number of nitrogens with two attached hydrogens (primary N) is 1. The molecule has 0 heterocycles. The van der Waals surface area contributed by atoms with Crippen LogP contribution in [0.2, 0.25) is 0 Å². The zero-order valence-corrected chi connectivity index (χ0v) is 17.6. The molecule has 0 radical (unpaired) electrons. The van der Waals surface area contributed by atoms with Crippen LogP contribution in [0.3, 0.4) is 0 Å². The van der Waals surface area contributed by atoms with E-state index in [0.29, 0.717) is 0 Å². The van der Waals surface area contributed by atoms with E-state index in [1.807, 2.05) is 6.08 Å². The highest BCUT2D eigenvalue weighted by atomic mass is 16.4. The van der Waals surface area contributed by atoms with Crippen molar-refractivity contribution in [3.63, 3.8) is 0 Å². The minimum Gasteiger partial charge on any atom is -0.481 e. The smallest absolute Gasteiger partial charge is 0.310 e. The second-order valence-corrected chi connectivity index (χ2v) is 7.43. The first-order valence-electron chi connectivity index (χ1n) is 10.8. The molecule has 1 amide bonds. The number of hydrogen-bond acceptors (Lipinski definition) is 3. The van der Waals surface area contributed by atoms with Crippen LogP contribution < -0.4 is 11.9 Å². The maximum Gasteiger partial charge on any atom is 0.310 e. The van der Waals surface area contributed by atoms with Gasteiger partial charge < -0.3 is 17.0 Å². The van der Waals surface area contributed by atoms with E-state index in [2.05, 4.69) is 6.92 Å². The first-order valence-corrected chi connectivity index (χ1v) is 10.8. The average Bonchev–Trinajstić information content (AvgIpc) is 2.59. The van der Waals surface area contributed by atoms with Crippen LogP contribution >= 0.6 is 0 Å².